The van der Waals surface area contributed by atoms with Crippen molar-refractivity contribution < 1.29 is 15.0 Å². The van der Waals surface area contributed by atoms with Gasteiger partial charge in [0.05, 0.1) is 5.71 Å². The van der Waals surface area contributed by atoms with Crippen molar-refractivity contribution in [1.82, 2.24) is 5.43 Å². The summed E-state index contributed by atoms with van der Waals surface area (Å²) in [7, 11) is 0. The molecule has 0 aliphatic rings. The molecule has 3 aromatic carbocycles. The first kappa shape index (κ1) is 19.3. The smallest absolute Gasteiger partial charge is 0.281 e. The molecule has 5 nitrogen and oxygen atoms in total. The second-order valence-electron chi connectivity index (χ2n) is 6.34. The molecule has 3 rings (SSSR count). The first-order valence-corrected chi connectivity index (χ1v) is 9.05. The van der Waals surface area contributed by atoms with Crippen LogP contribution in [0, 0.1) is 0 Å². The van der Waals surface area contributed by atoms with E-state index in [4.69, 9.17) is 0 Å². The molecule has 142 valence electrons. The first-order valence-electron chi connectivity index (χ1n) is 9.05. The van der Waals surface area contributed by atoms with Gasteiger partial charge < -0.3 is 10.2 Å². The number of aliphatic hydroxyl groups is 1. The van der Waals surface area contributed by atoms with E-state index in [1.807, 2.05) is 19.1 Å². The molecule has 0 atom stereocenters. The zero-order valence-corrected chi connectivity index (χ0v) is 15.5. The molecule has 0 radical (unpaired) electrons. The van der Waals surface area contributed by atoms with Gasteiger partial charge in [-0.15, -0.1) is 0 Å². The number of hydrogen-bond donors (Lipinski definition) is 3. The minimum Gasteiger partial charge on any atom is -0.508 e. The van der Waals surface area contributed by atoms with E-state index in [2.05, 4.69) is 10.5 Å². The summed E-state index contributed by atoms with van der Waals surface area (Å²) in [5.74, 6) is -0.486. The fourth-order valence-electron chi connectivity index (χ4n) is 2.99. The van der Waals surface area contributed by atoms with E-state index in [-0.39, 0.29) is 5.75 Å². The highest BCUT2D eigenvalue weighted by molar-refractivity contribution is 6.01. The van der Waals surface area contributed by atoms with Crippen LogP contribution in [0.3, 0.4) is 0 Å². The summed E-state index contributed by atoms with van der Waals surface area (Å²) in [5.41, 5.74) is 2.97. The van der Waals surface area contributed by atoms with Crippen LogP contribution in [-0.2, 0) is 10.4 Å². The maximum Gasteiger partial charge on any atom is 0.281 e. The molecule has 0 spiro atoms. The number of hydrazone groups is 1. The van der Waals surface area contributed by atoms with Gasteiger partial charge in [-0.05, 0) is 47.4 Å². The van der Waals surface area contributed by atoms with Crippen molar-refractivity contribution in [1.29, 1.82) is 0 Å². The molecule has 0 saturated heterocycles. The molecule has 0 bridgehead atoms. The molecule has 0 aliphatic heterocycles. The Bertz CT molecular complexity index is 913. The maximum atomic E-state index is 13.1. The highest BCUT2D eigenvalue weighted by Gasteiger charge is 2.39. The third kappa shape index (κ3) is 3.94. The summed E-state index contributed by atoms with van der Waals surface area (Å²) < 4.78 is 0. The number of carbonyl (C=O) groups is 1. The van der Waals surface area contributed by atoms with E-state index in [1.165, 1.54) is 0 Å². The van der Waals surface area contributed by atoms with Crippen molar-refractivity contribution in [2.75, 3.05) is 0 Å². The molecule has 3 aromatic rings. The summed E-state index contributed by atoms with van der Waals surface area (Å²) in [5, 5.41) is 25.1. The van der Waals surface area contributed by atoms with Gasteiger partial charge in [-0.3, -0.25) is 4.79 Å². The Labute approximate surface area is 164 Å². The zero-order chi connectivity index (χ0) is 20.0. The average molecular weight is 374 g/mol. The normalized spacial score (nSPS) is 11.9. The Morgan fingerprint density at radius 2 is 1.39 bits per heavy atom. The Balaban J connectivity index is 1.95. The average Bonchev–Trinajstić information content (AvgIpc) is 2.75. The number of hydrogen-bond acceptors (Lipinski definition) is 4. The third-order valence-electron chi connectivity index (χ3n) is 4.54. The van der Waals surface area contributed by atoms with Crippen LogP contribution < -0.4 is 5.43 Å². The van der Waals surface area contributed by atoms with Gasteiger partial charge >= 0.3 is 0 Å². The monoisotopic (exact) mass is 374 g/mol. The van der Waals surface area contributed by atoms with Crippen molar-refractivity contribution in [2.24, 2.45) is 5.10 Å². The van der Waals surface area contributed by atoms with Gasteiger partial charge in [-0.25, -0.2) is 5.43 Å². The van der Waals surface area contributed by atoms with E-state index in [1.54, 1.807) is 72.8 Å². The van der Waals surface area contributed by atoms with E-state index >= 15 is 0 Å². The van der Waals surface area contributed by atoms with Gasteiger partial charge in [0.1, 0.15) is 5.75 Å². The van der Waals surface area contributed by atoms with Crippen LogP contribution in [0.5, 0.6) is 5.75 Å². The highest BCUT2D eigenvalue weighted by atomic mass is 16.3. The third-order valence-corrected chi connectivity index (χ3v) is 4.54. The summed E-state index contributed by atoms with van der Waals surface area (Å²) in [6, 6.07) is 24.1. The fraction of sp³-hybridized carbons (Fsp3) is 0.130. The lowest BCUT2D eigenvalue weighted by atomic mass is 9.85. The van der Waals surface area contributed by atoms with Gasteiger partial charge in [0.2, 0.25) is 0 Å². The van der Waals surface area contributed by atoms with Crippen molar-refractivity contribution in [3.05, 3.63) is 102 Å². The summed E-state index contributed by atoms with van der Waals surface area (Å²) in [6.45, 7) is 1.92. The van der Waals surface area contributed by atoms with Gasteiger partial charge in [-0.2, -0.15) is 5.10 Å². The Morgan fingerprint density at radius 3 is 1.86 bits per heavy atom. The fourth-order valence-corrected chi connectivity index (χ4v) is 2.99. The second kappa shape index (κ2) is 8.50. The number of benzene rings is 3. The summed E-state index contributed by atoms with van der Waals surface area (Å²) in [6.07, 6.45) is 0.570. The van der Waals surface area contributed by atoms with Gasteiger partial charge in [0.25, 0.3) is 5.91 Å². The lowest BCUT2D eigenvalue weighted by Gasteiger charge is -2.27. The van der Waals surface area contributed by atoms with Crippen LogP contribution in [0.2, 0.25) is 0 Å². The standard InChI is InChI=1S/C23H22N2O3/c1-2-21(17-13-15-20(26)16-14-17)24-25-22(27)23(28,18-9-5-3-6-10-18)19-11-7-4-8-12-19/h3-16,26,28H,2H2,1H3,(H,25,27)/b24-21-. The predicted octanol–water partition coefficient (Wildman–Crippen LogP) is 3.56. The molecular formula is C23H22N2O3. The van der Waals surface area contributed by atoms with Crippen LogP contribution in [0.4, 0.5) is 0 Å². The largest absolute Gasteiger partial charge is 0.508 e. The minimum absolute atomic E-state index is 0.158. The number of carbonyl (C=O) groups excluding carboxylic acids is 1. The van der Waals surface area contributed by atoms with Crippen molar-refractivity contribution in [3.63, 3.8) is 0 Å². The summed E-state index contributed by atoms with van der Waals surface area (Å²) in [4.78, 5) is 13.1. The number of amides is 1. The first-order chi connectivity index (χ1) is 13.6. The number of phenolic OH excluding ortho intramolecular Hbond substituents is 1. The second-order valence-corrected chi connectivity index (χ2v) is 6.34. The molecule has 0 aliphatic carbocycles. The van der Waals surface area contributed by atoms with Crippen LogP contribution in [0.25, 0.3) is 0 Å². The van der Waals surface area contributed by atoms with Crippen LogP contribution in [0.1, 0.15) is 30.0 Å². The van der Waals surface area contributed by atoms with Gasteiger partial charge in [0.15, 0.2) is 5.60 Å². The predicted molar refractivity (Wildman–Crippen MR) is 109 cm³/mol. The molecule has 5 heteroatoms. The molecule has 28 heavy (non-hydrogen) atoms. The van der Waals surface area contributed by atoms with Crippen molar-refractivity contribution in [3.8, 4) is 5.75 Å². The number of rotatable bonds is 6. The van der Waals surface area contributed by atoms with Crippen LogP contribution in [-0.4, -0.2) is 21.8 Å². The van der Waals surface area contributed by atoms with Crippen molar-refractivity contribution >= 4 is 11.6 Å². The van der Waals surface area contributed by atoms with Gasteiger partial charge in [-0.1, -0.05) is 67.6 Å². The Hall–Kier alpha value is -3.44. The van der Waals surface area contributed by atoms with Crippen molar-refractivity contribution in [2.45, 2.75) is 18.9 Å². The molecular weight excluding hydrogens is 352 g/mol. The molecule has 0 fully saturated rings. The number of aromatic hydroxyl groups is 1. The SMILES string of the molecule is CC/C(=N/NC(=O)C(O)(c1ccccc1)c1ccccc1)c1ccc(O)cc1. The quantitative estimate of drug-likeness (QED) is 0.456. The molecule has 0 saturated carbocycles. The van der Waals surface area contributed by atoms with Gasteiger partial charge in [0, 0.05) is 0 Å². The highest BCUT2D eigenvalue weighted by Crippen LogP contribution is 2.29. The Morgan fingerprint density at radius 1 is 0.893 bits per heavy atom. The zero-order valence-electron chi connectivity index (χ0n) is 15.5. The number of nitrogens with zero attached hydrogens (tertiary/aromatic N) is 1. The van der Waals surface area contributed by atoms with E-state index in [0.29, 0.717) is 23.3 Å². The van der Waals surface area contributed by atoms with Crippen LogP contribution >= 0.6 is 0 Å². The number of nitrogens with one attached hydrogen (secondary N) is 1. The molecule has 0 unspecified atom stereocenters. The molecule has 0 heterocycles. The van der Waals surface area contributed by atoms with E-state index < -0.39 is 11.5 Å². The lowest BCUT2D eigenvalue weighted by molar-refractivity contribution is -0.136. The topological polar surface area (TPSA) is 81.9 Å². The molecule has 1 amide bonds. The molecule has 3 N–H and O–H groups in total. The van der Waals surface area contributed by atoms with Crippen LogP contribution in [0.15, 0.2) is 90.0 Å². The van der Waals surface area contributed by atoms with E-state index in [0.717, 1.165) is 5.56 Å². The number of phenols is 1. The Kier molecular flexibility index (Phi) is 5.87. The summed E-state index contributed by atoms with van der Waals surface area (Å²) >= 11 is 0. The lowest BCUT2D eigenvalue weighted by Crippen LogP contribution is -2.44. The van der Waals surface area contributed by atoms with E-state index in [9.17, 15) is 15.0 Å². The maximum absolute atomic E-state index is 13.1. The minimum atomic E-state index is -1.88. The molecule has 0 aromatic heterocycles.